The number of hydrogen-bond acceptors (Lipinski definition) is 4. The van der Waals surface area contributed by atoms with Gasteiger partial charge in [0.15, 0.2) is 0 Å². The van der Waals surface area contributed by atoms with E-state index >= 15 is 0 Å². The first-order chi connectivity index (χ1) is 9.17. The van der Waals surface area contributed by atoms with Gasteiger partial charge in [-0.25, -0.2) is 0 Å². The van der Waals surface area contributed by atoms with Crippen molar-refractivity contribution in [3.8, 4) is 6.07 Å². The Kier molecular flexibility index (Phi) is 4.73. The van der Waals surface area contributed by atoms with Crippen LogP contribution in [0.25, 0.3) is 0 Å². The van der Waals surface area contributed by atoms with Crippen LogP contribution in [0.5, 0.6) is 0 Å². The average Bonchev–Trinajstić information content (AvgIpc) is 2.39. The standard InChI is InChI=1S/C15H21N3S/c1-3-19-15-6-4-5-14(13(15)10-16)18-8-7-12(17)9-11(18)2/h4-6,11-12H,3,7-9,17H2,1-2H3. The molecule has 4 heteroatoms. The van der Waals surface area contributed by atoms with Crippen molar-refractivity contribution in [2.24, 2.45) is 5.73 Å². The Balaban J connectivity index is 2.34. The van der Waals surface area contributed by atoms with Gasteiger partial charge in [0.25, 0.3) is 0 Å². The fraction of sp³-hybridized carbons (Fsp3) is 0.533. The van der Waals surface area contributed by atoms with E-state index in [2.05, 4.69) is 36.9 Å². The van der Waals surface area contributed by atoms with Gasteiger partial charge < -0.3 is 10.6 Å². The van der Waals surface area contributed by atoms with Crippen molar-refractivity contribution < 1.29 is 0 Å². The highest BCUT2D eigenvalue weighted by Crippen LogP contribution is 2.33. The van der Waals surface area contributed by atoms with Crippen molar-refractivity contribution in [2.45, 2.75) is 43.7 Å². The number of anilines is 1. The third kappa shape index (κ3) is 3.05. The lowest BCUT2D eigenvalue weighted by atomic mass is 9.97. The van der Waals surface area contributed by atoms with E-state index in [1.165, 1.54) is 0 Å². The van der Waals surface area contributed by atoms with Crippen molar-refractivity contribution in [3.05, 3.63) is 23.8 Å². The Morgan fingerprint density at radius 3 is 2.95 bits per heavy atom. The van der Waals surface area contributed by atoms with Crippen molar-refractivity contribution in [2.75, 3.05) is 17.2 Å². The second kappa shape index (κ2) is 6.31. The molecule has 0 bridgehead atoms. The summed E-state index contributed by atoms with van der Waals surface area (Å²) >= 11 is 1.73. The molecule has 1 aromatic rings. The highest BCUT2D eigenvalue weighted by Gasteiger charge is 2.25. The van der Waals surface area contributed by atoms with Gasteiger partial charge in [0.1, 0.15) is 6.07 Å². The molecule has 0 spiro atoms. The van der Waals surface area contributed by atoms with E-state index in [1.807, 2.05) is 6.07 Å². The lowest BCUT2D eigenvalue weighted by Crippen LogP contribution is -2.45. The molecule has 1 fully saturated rings. The highest BCUT2D eigenvalue weighted by atomic mass is 32.2. The van der Waals surface area contributed by atoms with Crippen molar-refractivity contribution in [1.29, 1.82) is 5.26 Å². The van der Waals surface area contributed by atoms with Crippen LogP contribution in [0.3, 0.4) is 0 Å². The van der Waals surface area contributed by atoms with Crippen LogP contribution in [0, 0.1) is 11.3 Å². The van der Waals surface area contributed by atoms with Gasteiger partial charge in [-0.1, -0.05) is 13.0 Å². The van der Waals surface area contributed by atoms with E-state index in [-0.39, 0.29) is 0 Å². The van der Waals surface area contributed by atoms with Gasteiger partial charge in [0.2, 0.25) is 0 Å². The van der Waals surface area contributed by atoms with Gasteiger partial charge in [-0.3, -0.25) is 0 Å². The molecule has 0 radical (unpaired) electrons. The lowest BCUT2D eigenvalue weighted by molar-refractivity contribution is 0.429. The molecule has 0 aliphatic carbocycles. The van der Waals surface area contributed by atoms with Crippen LogP contribution < -0.4 is 10.6 Å². The summed E-state index contributed by atoms with van der Waals surface area (Å²) in [6, 6.07) is 9.23. The molecule has 0 aromatic heterocycles. The molecule has 3 nitrogen and oxygen atoms in total. The molecule has 1 aromatic carbocycles. The van der Waals surface area contributed by atoms with Crippen LogP contribution in [0.4, 0.5) is 5.69 Å². The van der Waals surface area contributed by atoms with Crippen LogP contribution in [0.1, 0.15) is 32.3 Å². The fourth-order valence-electron chi connectivity index (χ4n) is 2.71. The minimum atomic E-state index is 0.296. The summed E-state index contributed by atoms with van der Waals surface area (Å²) in [6.45, 7) is 5.25. The molecule has 19 heavy (non-hydrogen) atoms. The second-order valence-corrected chi connectivity index (χ2v) is 6.33. The topological polar surface area (TPSA) is 53.0 Å². The summed E-state index contributed by atoms with van der Waals surface area (Å²) in [5, 5.41) is 9.48. The Labute approximate surface area is 119 Å². The first-order valence-corrected chi connectivity index (χ1v) is 7.84. The third-order valence-electron chi connectivity index (χ3n) is 3.64. The highest BCUT2D eigenvalue weighted by molar-refractivity contribution is 7.99. The van der Waals surface area contributed by atoms with Gasteiger partial charge in [0, 0.05) is 23.5 Å². The number of nitriles is 1. The molecular weight excluding hydrogens is 254 g/mol. The first-order valence-electron chi connectivity index (χ1n) is 6.85. The maximum absolute atomic E-state index is 9.48. The molecule has 2 rings (SSSR count). The third-order valence-corrected chi connectivity index (χ3v) is 4.58. The molecule has 1 aliphatic heterocycles. The van der Waals surface area contributed by atoms with E-state index in [0.29, 0.717) is 12.1 Å². The van der Waals surface area contributed by atoms with Crippen LogP contribution in [0.2, 0.25) is 0 Å². The Morgan fingerprint density at radius 1 is 1.53 bits per heavy atom. The average molecular weight is 275 g/mol. The van der Waals surface area contributed by atoms with E-state index in [1.54, 1.807) is 11.8 Å². The Bertz CT molecular complexity index is 481. The van der Waals surface area contributed by atoms with Crippen molar-refractivity contribution in [3.63, 3.8) is 0 Å². The second-order valence-electron chi connectivity index (χ2n) is 5.02. The first kappa shape index (κ1) is 14.2. The number of rotatable bonds is 3. The molecule has 1 aliphatic rings. The predicted octanol–water partition coefficient (Wildman–Crippen LogP) is 2.99. The normalized spacial score (nSPS) is 23.2. The predicted molar refractivity (Wildman–Crippen MR) is 81.6 cm³/mol. The van der Waals surface area contributed by atoms with E-state index in [9.17, 15) is 5.26 Å². The maximum Gasteiger partial charge on any atom is 0.103 e. The Morgan fingerprint density at radius 2 is 2.32 bits per heavy atom. The minimum Gasteiger partial charge on any atom is -0.368 e. The largest absolute Gasteiger partial charge is 0.368 e. The number of benzene rings is 1. The summed E-state index contributed by atoms with van der Waals surface area (Å²) in [4.78, 5) is 3.42. The van der Waals surface area contributed by atoms with Crippen LogP contribution in [-0.4, -0.2) is 24.4 Å². The SMILES string of the molecule is CCSc1cccc(N2CCC(N)CC2C)c1C#N. The zero-order valence-electron chi connectivity index (χ0n) is 11.6. The molecule has 102 valence electrons. The summed E-state index contributed by atoms with van der Waals surface area (Å²) in [5.74, 6) is 0.985. The van der Waals surface area contributed by atoms with Crippen LogP contribution in [0.15, 0.2) is 23.1 Å². The summed E-state index contributed by atoms with van der Waals surface area (Å²) in [6.07, 6.45) is 2.00. The molecule has 2 N–H and O–H groups in total. The smallest absolute Gasteiger partial charge is 0.103 e. The van der Waals surface area contributed by atoms with Gasteiger partial charge >= 0.3 is 0 Å². The summed E-state index contributed by atoms with van der Waals surface area (Å²) in [5.41, 5.74) is 7.90. The zero-order chi connectivity index (χ0) is 13.8. The number of piperidine rings is 1. The zero-order valence-corrected chi connectivity index (χ0v) is 12.4. The molecule has 1 heterocycles. The van der Waals surface area contributed by atoms with E-state index < -0.39 is 0 Å². The van der Waals surface area contributed by atoms with Crippen LogP contribution in [-0.2, 0) is 0 Å². The number of hydrogen-bond donors (Lipinski definition) is 1. The maximum atomic E-state index is 9.48. The van der Waals surface area contributed by atoms with E-state index in [4.69, 9.17) is 5.73 Å². The molecule has 2 unspecified atom stereocenters. The van der Waals surface area contributed by atoms with E-state index in [0.717, 1.165) is 41.3 Å². The lowest BCUT2D eigenvalue weighted by Gasteiger charge is -2.38. The van der Waals surface area contributed by atoms with Gasteiger partial charge in [-0.2, -0.15) is 5.26 Å². The number of thioether (sulfide) groups is 1. The fourth-order valence-corrected chi connectivity index (χ4v) is 3.49. The summed E-state index contributed by atoms with van der Waals surface area (Å²) < 4.78 is 0. The minimum absolute atomic E-state index is 0.296. The molecular formula is C15H21N3S. The van der Waals surface area contributed by atoms with Crippen molar-refractivity contribution in [1.82, 2.24) is 0 Å². The molecule has 0 amide bonds. The van der Waals surface area contributed by atoms with Crippen molar-refractivity contribution >= 4 is 17.4 Å². The summed E-state index contributed by atoms with van der Waals surface area (Å²) in [7, 11) is 0. The van der Waals surface area contributed by atoms with Gasteiger partial charge in [0.05, 0.1) is 11.3 Å². The van der Waals surface area contributed by atoms with Gasteiger partial charge in [-0.05, 0) is 37.7 Å². The number of nitrogens with two attached hydrogens (primary N) is 1. The van der Waals surface area contributed by atoms with Crippen LogP contribution >= 0.6 is 11.8 Å². The molecule has 2 atom stereocenters. The quantitative estimate of drug-likeness (QED) is 0.862. The number of nitrogens with zero attached hydrogens (tertiary/aromatic N) is 2. The van der Waals surface area contributed by atoms with Gasteiger partial charge in [-0.15, -0.1) is 11.8 Å². The Hall–Kier alpha value is -1.18. The molecule has 1 saturated heterocycles. The monoisotopic (exact) mass is 275 g/mol. The molecule has 0 saturated carbocycles.